The molecule has 2 heterocycles. The fraction of sp³-hybridized carbons (Fsp3) is 0.450. The van der Waals surface area contributed by atoms with Crippen LogP contribution < -0.4 is 0 Å². The molecule has 0 aliphatic carbocycles. The summed E-state index contributed by atoms with van der Waals surface area (Å²) in [7, 11) is 1.68. The molecule has 0 saturated carbocycles. The summed E-state index contributed by atoms with van der Waals surface area (Å²) in [6.45, 7) is 8.36. The maximum absolute atomic E-state index is 5.76. The van der Waals surface area contributed by atoms with E-state index in [1.807, 2.05) is 6.07 Å². The summed E-state index contributed by atoms with van der Waals surface area (Å²) in [6, 6.07) is 10.7. The normalized spacial score (nSPS) is 21.9. The first-order chi connectivity index (χ1) is 11.5. The molecule has 2 aliphatic heterocycles. The number of rotatable bonds is 6. The average molecular weight is 326 g/mol. The summed E-state index contributed by atoms with van der Waals surface area (Å²) >= 11 is 0. The van der Waals surface area contributed by atoms with Crippen LogP contribution in [-0.4, -0.2) is 43.8 Å². The number of hydrogen-bond donors (Lipinski definition) is 0. The smallest absolute Gasteiger partial charge is 0.133 e. The van der Waals surface area contributed by atoms with Gasteiger partial charge in [0, 0.05) is 24.3 Å². The molecule has 0 spiro atoms. The third-order valence-corrected chi connectivity index (χ3v) is 4.93. The quantitative estimate of drug-likeness (QED) is 0.747. The van der Waals surface area contributed by atoms with Gasteiger partial charge in [0.2, 0.25) is 0 Å². The molecule has 128 valence electrons. The van der Waals surface area contributed by atoms with E-state index in [1.165, 1.54) is 16.7 Å². The first-order valence-electron chi connectivity index (χ1n) is 8.45. The molecule has 1 atom stereocenters. The lowest BCUT2D eigenvalue weighted by Crippen LogP contribution is -2.34. The molecule has 0 radical (unpaired) electrons. The van der Waals surface area contributed by atoms with Gasteiger partial charge in [-0.3, -0.25) is 4.99 Å². The van der Waals surface area contributed by atoms with Gasteiger partial charge in [-0.2, -0.15) is 0 Å². The van der Waals surface area contributed by atoms with Crippen LogP contribution in [-0.2, 0) is 9.47 Å². The van der Waals surface area contributed by atoms with Crippen LogP contribution >= 0.6 is 0 Å². The third kappa shape index (κ3) is 3.17. The first-order valence-corrected chi connectivity index (χ1v) is 8.45. The monoisotopic (exact) mass is 326 g/mol. The summed E-state index contributed by atoms with van der Waals surface area (Å²) < 4.78 is 10.8. The average Bonchev–Trinajstić information content (AvgIpc) is 2.82. The Labute approximate surface area is 144 Å². The van der Waals surface area contributed by atoms with E-state index in [1.54, 1.807) is 7.11 Å². The van der Waals surface area contributed by atoms with Crippen molar-refractivity contribution >= 4 is 11.4 Å². The van der Waals surface area contributed by atoms with Crippen molar-refractivity contribution in [3.8, 4) is 0 Å². The van der Waals surface area contributed by atoms with Crippen molar-refractivity contribution in [3.05, 3.63) is 53.7 Å². The molecule has 0 aromatic heterocycles. The molecule has 0 saturated heterocycles. The Balaban J connectivity index is 1.91. The van der Waals surface area contributed by atoms with E-state index in [4.69, 9.17) is 14.5 Å². The van der Waals surface area contributed by atoms with E-state index in [0.717, 1.165) is 5.84 Å². The molecule has 0 N–H and O–H groups in total. The number of hydrogen-bond acceptors (Lipinski definition) is 4. The molecule has 1 aromatic rings. The van der Waals surface area contributed by atoms with Crippen LogP contribution in [0.1, 0.15) is 26.3 Å². The number of benzene rings is 1. The zero-order valence-corrected chi connectivity index (χ0v) is 15.0. The van der Waals surface area contributed by atoms with E-state index in [0.29, 0.717) is 19.9 Å². The molecular weight excluding hydrogens is 300 g/mol. The SMILES string of the molecule is COCCOCN1C=C(c2ccccc2)C=C2C1=NC(C)C2(C)C. The van der Waals surface area contributed by atoms with Gasteiger partial charge in [-0.25, -0.2) is 0 Å². The third-order valence-electron chi connectivity index (χ3n) is 4.93. The Morgan fingerprint density at radius 2 is 1.92 bits per heavy atom. The summed E-state index contributed by atoms with van der Waals surface area (Å²) in [5, 5.41) is 0. The Bertz CT molecular complexity index is 674. The number of ether oxygens (including phenoxy) is 2. The Morgan fingerprint density at radius 1 is 1.17 bits per heavy atom. The van der Waals surface area contributed by atoms with E-state index in [2.05, 4.69) is 62.2 Å². The standard InChI is InChI=1S/C20H26N2O2/c1-15-20(2,3)18-12-17(16-8-6-5-7-9-16)13-22(19(18)21-15)14-24-11-10-23-4/h5-9,12-13,15H,10-11,14H2,1-4H3. The van der Waals surface area contributed by atoms with Crippen LogP contribution in [0.5, 0.6) is 0 Å². The van der Waals surface area contributed by atoms with Gasteiger partial charge in [0.05, 0.1) is 19.3 Å². The Kier molecular flexibility index (Phi) is 4.88. The molecule has 0 fully saturated rings. The minimum atomic E-state index is 0.0222. The van der Waals surface area contributed by atoms with E-state index in [-0.39, 0.29) is 11.5 Å². The molecule has 4 nitrogen and oxygen atoms in total. The second-order valence-electron chi connectivity index (χ2n) is 6.86. The lowest BCUT2D eigenvalue weighted by atomic mass is 9.78. The second kappa shape index (κ2) is 6.91. The number of aliphatic imine (C=N–C) groups is 1. The molecule has 1 aromatic carbocycles. The highest BCUT2D eigenvalue weighted by Crippen LogP contribution is 2.43. The van der Waals surface area contributed by atoms with E-state index >= 15 is 0 Å². The van der Waals surface area contributed by atoms with Crippen LogP contribution in [0.4, 0.5) is 0 Å². The number of fused-ring (bicyclic) bond motifs is 1. The van der Waals surface area contributed by atoms with Crippen LogP contribution in [0.25, 0.3) is 5.57 Å². The number of nitrogens with zero attached hydrogens (tertiary/aromatic N) is 2. The van der Waals surface area contributed by atoms with Crippen LogP contribution in [0.2, 0.25) is 0 Å². The predicted molar refractivity (Wildman–Crippen MR) is 97.7 cm³/mol. The fourth-order valence-corrected chi connectivity index (χ4v) is 3.02. The lowest BCUT2D eigenvalue weighted by Gasteiger charge is -2.31. The Morgan fingerprint density at radius 3 is 2.62 bits per heavy atom. The molecule has 3 rings (SSSR count). The van der Waals surface area contributed by atoms with Gasteiger partial charge in [0.1, 0.15) is 12.6 Å². The van der Waals surface area contributed by atoms with Gasteiger partial charge in [0.15, 0.2) is 0 Å². The maximum Gasteiger partial charge on any atom is 0.133 e. The topological polar surface area (TPSA) is 34.1 Å². The van der Waals surface area contributed by atoms with Crippen LogP contribution in [0.15, 0.2) is 53.2 Å². The van der Waals surface area contributed by atoms with Crippen molar-refractivity contribution in [2.45, 2.75) is 26.8 Å². The van der Waals surface area contributed by atoms with Crippen molar-refractivity contribution in [1.29, 1.82) is 0 Å². The van der Waals surface area contributed by atoms with Gasteiger partial charge >= 0.3 is 0 Å². The molecule has 1 unspecified atom stereocenters. The van der Waals surface area contributed by atoms with Crippen molar-refractivity contribution in [2.24, 2.45) is 10.4 Å². The summed E-state index contributed by atoms with van der Waals surface area (Å²) in [4.78, 5) is 7.01. The maximum atomic E-state index is 5.76. The zero-order chi connectivity index (χ0) is 17.2. The lowest BCUT2D eigenvalue weighted by molar-refractivity contribution is 0.0407. The number of allylic oxidation sites excluding steroid dienone is 2. The highest BCUT2D eigenvalue weighted by atomic mass is 16.5. The molecule has 0 amide bonds. The van der Waals surface area contributed by atoms with Gasteiger partial charge < -0.3 is 14.4 Å². The van der Waals surface area contributed by atoms with Crippen molar-refractivity contribution in [3.63, 3.8) is 0 Å². The van der Waals surface area contributed by atoms with Gasteiger partial charge in [-0.1, -0.05) is 44.2 Å². The van der Waals surface area contributed by atoms with Crippen LogP contribution in [0.3, 0.4) is 0 Å². The highest BCUT2D eigenvalue weighted by molar-refractivity contribution is 6.07. The molecular formula is C20H26N2O2. The molecule has 2 aliphatic rings. The van der Waals surface area contributed by atoms with Gasteiger partial charge in [0.25, 0.3) is 0 Å². The Hall–Kier alpha value is -1.91. The number of amidine groups is 1. The van der Waals surface area contributed by atoms with E-state index in [9.17, 15) is 0 Å². The molecule has 4 heteroatoms. The van der Waals surface area contributed by atoms with Crippen molar-refractivity contribution < 1.29 is 9.47 Å². The van der Waals surface area contributed by atoms with Crippen molar-refractivity contribution in [2.75, 3.05) is 27.1 Å². The predicted octanol–water partition coefficient (Wildman–Crippen LogP) is 3.72. The van der Waals surface area contributed by atoms with E-state index < -0.39 is 0 Å². The molecule has 24 heavy (non-hydrogen) atoms. The van der Waals surface area contributed by atoms with Gasteiger partial charge in [-0.15, -0.1) is 0 Å². The fourth-order valence-electron chi connectivity index (χ4n) is 3.02. The highest BCUT2D eigenvalue weighted by Gasteiger charge is 2.41. The second-order valence-corrected chi connectivity index (χ2v) is 6.86. The minimum absolute atomic E-state index is 0.0222. The first kappa shape index (κ1) is 16.9. The largest absolute Gasteiger partial charge is 0.382 e. The summed E-state index contributed by atoms with van der Waals surface area (Å²) in [5.41, 5.74) is 3.71. The number of methoxy groups -OCH3 is 1. The summed E-state index contributed by atoms with van der Waals surface area (Å²) in [5.74, 6) is 1.03. The minimum Gasteiger partial charge on any atom is -0.382 e. The van der Waals surface area contributed by atoms with Crippen molar-refractivity contribution in [1.82, 2.24) is 4.90 Å². The van der Waals surface area contributed by atoms with Gasteiger partial charge in [-0.05, 0) is 24.1 Å². The summed E-state index contributed by atoms with van der Waals surface area (Å²) in [6.07, 6.45) is 4.42. The molecule has 0 bridgehead atoms. The van der Waals surface area contributed by atoms with Crippen LogP contribution in [0, 0.1) is 5.41 Å². The zero-order valence-electron chi connectivity index (χ0n) is 15.0.